The third kappa shape index (κ3) is 3.96. The summed E-state index contributed by atoms with van der Waals surface area (Å²) in [4.78, 5) is 27.7. The van der Waals surface area contributed by atoms with Crippen molar-refractivity contribution in [3.63, 3.8) is 0 Å². The molecule has 1 amide bonds. The van der Waals surface area contributed by atoms with Gasteiger partial charge in [-0.3, -0.25) is 4.79 Å². The fraction of sp³-hybridized carbons (Fsp3) is 0.250. The molecule has 0 saturated heterocycles. The molecule has 1 aromatic carbocycles. The second kappa shape index (κ2) is 8.74. The number of nitrogen functional groups attached to an aromatic ring is 1. The highest BCUT2D eigenvalue weighted by atomic mass is 32.2. The number of aromatic nitrogens is 3. The van der Waals surface area contributed by atoms with E-state index in [1.165, 1.54) is 16.2 Å². The van der Waals surface area contributed by atoms with Gasteiger partial charge in [-0.2, -0.15) is 4.55 Å². The first-order chi connectivity index (χ1) is 15.9. The largest absolute Gasteiger partial charge is 0.393 e. The van der Waals surface area contributed by atoms with Crippen LogP contribution in [0.1, 0.15) is 29.9 Å². The van der Waals surface area contributed by atoms with Crippen LogP contribution in [-0.4, -0.2) is 49.7 Å². The van der Waals surface area contributed by atoms with E-state index in [-0.39, 0.29) is 17.0 Å². The smallest absolute Gasteiger partial charge is 0.291 e. The Balaban J connectivity index is 1.65. The Hall–Kier alpha value is -3.01. The van der Waals surface area contributed by atoms with Gasteiger partial charge in [-0.05, 0) is 36.5 Å². The molecule has 0 bridgehead atoms. The molecular formula is C24H24N5O2S2+. The van der Waals surface area contributed by atoms with Gasteiger partial charge in [0, 0.05) is 37.4 Å². The van der Waals surface area contributed by atoms with Crippen LogP contribution in [0.3, 0.4) is 0 Å². The van der Waals surface area contributed by atoms with E-state index in [0.717, 1.165) is 44.8 Å². The van der Waals surface area contributed by atoms with E-state index >= 15 is 0 Å². The van der Waals surface area contributed by atoms with Gasteiger partial charge in [-0.1, -0.05) is 41.7 Å². The van der Waals surface area contributed by atoms with Gasteiger partial charge in [0.1, 0.15) is 10.5 Å². The number of fused-ring (bicyclic) bond motifs is 1. The van der Waals surface area contributed by atoms with Gasteiger partial charge in [-0.25, -0.2) is 15.0 Å². The average molecular weight is 479 g/mol. The Morgan fingerprint density at radius 1 is 1.15 bits per heavy atom. The molecule has 0 spiro atoms. The van der Waals surface area contributed by atoms with Gasteiger partial charge < -0.3 is 10.6 Å². The normalized spacial score (nSPS) is 14.8. The molecule has 3 N–H and O–H groups in total. The molecule has 1 saturated carbocycles. The highest BCUT2D eigenvalue weighted by molar-refractivity contribution is 7.94. The SMILES string of the molecule is CN(C)C(=O)c1ncc(-c2cc(-c3ccccc3)c3c(N)c([S+](O)C4CCC4)sc3n2)cn1. The first-order valence-electron chi connectivity index (χ1n) is 10.7. The minimum atomic E-state index is -0.878. The Morgan fingerprint density at radius 2 is 1.85 bits per heavy atom. The number of hydrogen-bond donors (Lipinski definition) is 2. The van der Waals surface area contributed by atoms with Crippen LogP contribution in [0.5, 0.6) is 0 Å². The zero-order valence-electron chi connectivity index (χ0n) is 18.4. The second-order valence-electron chi connectivity index (χ2n) is 8.27. The molecule has 3 aromatic heterocycles. The number of benzene rings is 1. The summed E-state index contributed by atoms with van der Waals surface area (Å²) in [7, 11) is 3.33. The zero-order chi connectivity index (χ0) is 23.1. The molecule has 168 valence electrons. The molecule has 1 atom stereocenters. The first kappa shape index (κ1) is 21.8. The average Bonchev–Trinajstić information content (AvgIpc) is 3.14. The van der Waals surface area contributed by atoms with Gasteiger partial charge in [0.15, 0.2) is 16.4 Å². The van der Waals surface area contributed by atoms with Crippen molar-refractivity contribution >= 4 is 44.3 Å². The standard InChI is InChI=1S/C24H24N5O2S2/c1-29(2)23(30)21-26-12-15(13-27-21)18-11-17(14-7-4-3-5-8-14)19-20(25)24(32-22(19)28-18)33(31)16-9-6-10-16/h3-5,7-8,11-13,16,31H,6,9-10,25H2,1-2H3/q+1. The highest BCUT2D eigenvalue weighted by Gasteiger charge is 2.41. The quantitative estimate of drug-likeness (QED) is 0.403. The number of carbonyl (C=O) groups is 1. The topological polar surface area (TPSA) is 105 Å². The molecule has 0 aliphatic heterocycles. The van der Waals surface area contributed by atoms with E-state index < -0.39 is 11.2 Å². The minimum Gasteiger partial charge on any atom is -0.393 e. The third-order valence-corrected chi connectivity index (χ3v) is 9.21. The molecular weight excluding hydrogens is 454 g/mol. The van der Waals surface area contributed by atoms with Crippen LogP contribution in [0, 0.1) is 0 Å². The fourth-order valence-corrected chi connectivity index (χ4v) is 7.02. The number of nitrogens with two attached hydrogens (primary N) is 1. The van der Waals surface area contributed by atoms with Crippen LogP contribution in [0.2, 0.25) is 0 Å². The number of hydrogen-bond acceptors (Lipinski definition) is 7. The van der Waals surface area contributed by atoms with Crippen molar-refractivity contribution in [2.24, 2.45) is 0 Å². The Kier molecular flexibility index (Phi) is 5.77. The van der Waals surface area contributed by atoms with Crippen LogP contribution in [-0.2, 0) is 11.2 Å². The molecule has 1 aliphatic rings. The molecule has 1 unspecified atom stereocenters. The van der Waals surface area contributed by atoms with Gasteiger partial charge in [0.2, 0.25) is 5.82 Å². The van der Waals surface area contributed by atoms with E-state index in [1.54, 1.807) is 26.5 Å². The summed E-state index contributed by atoms with van der Waals surface area (Å²) in [5.74, 6) is -0.114. The number of carbonyl (C=O) groups excluding carboxylic acids is 1. The van der Waals surface area contributed by atoms with Crippen molar-refractivity contribution in [3.05, 3.63) is 54.6 Å². The Bertz CT molecular complexity index is 1320. The van der Waals surface area contributed by atoms with Crippen molar-refractivity contribution in [1.29, 1.82) is 0 Å². The number of rotatable bonds is 5. The molecule has 4 aromatic rings. The van der Waals surface area contributed by atoms with Crippen LogP contribution in [0.15, 0.2) is 53.0 Å². The number of pyridine rings is 1. The maximum absolute atomic E-state index is 12.1. The van der Waals surface area contributed by atoms with E-state index in [4.69, 9.17) is 10.7 Å². The van der Waals surface area contributed by atoms with Gasteiger partial charge in [-0.15, -0.1) is 0 Å². The zero-order valence-corrected chi connectivity index (χ0v) is 20.0. The first-order valence-corrected chi connectivity index (χ1v) is 12.7. The monoisotopic (exact) mass is 478 g/mol. The summed E-state index contributed by atoms with van der Waals surface area (Å²) in [6, 6.07) is 12.0. The maximum atomic E-state index is 12.1. The summed E-state index contributed by atoms with van der Waals surface area (Å²) in [5, 5.41) is 1.16. The predicted molar refractivity (Wildman–Crippen MR) is 134 cm³/mol. The Morgan fingerprint density at radius 3 is 2.45 bits per heavy atom. The van der Waals surface area contributed by atoms with Crippen LogP contribution >= 0.6 is 11.3 Å². The minimum absolute atomic E-state index is 0.139. The molecule has 1 aliphatic carbocycles. The number of anilines is 1. The molecule has 3 heterocycles. The molecule has 5 rings (SSSR count). The van der Waals surface area contributed by atoms with E-state index in [2.05, 4.69) is 9.97 Å². The maximum Gasteiger partial charge on any atom is 0.291 e. The number of nitrogens with zero attached hydrogens (tertiary/aromatic N) is 4. The van der Waals surface area contributed by atoms with Gasteiger partial charge in [0.25, 0.3) is 10.1 Å². The van der Waals surface area contributed by atoms with Gasteiger partial charge in [0.05, 0.1) is 5.69 Å². The fourth-order valence-electron chi connectivity index (χ4n) is 3.77. The lowest BCUT2D eigenvalue weighted by Gasteiger charge is -2.19. The predicted octanol–water partition coefficient (Wildman–Crippen LogP) is 4.71. The summed E-state index contributed by atoms with van der Waals surface area (Å²) >= 11 is 0.586. The lowest BCUT2D eigenvalue weighted by molar-refractivity contribution is 0.0816. The van der Waals surface area contributed by atoms with Gasteiger partial charge >= 0.3 is 0 Å². The molecule has 7 nitrogen and oxygen atoms in total. The summed E-state index contributed by atoms with van der Waals surface area (Å²) < 4.78 is 11.8. The lowest BCUT2D eigenvalue weighted by atomic mass is 10.00. The summed E-state index contributed by atoms with van der Waals surface area (Å²) in [5.41, 5.74) is 10.6. The van der Waals surface area contributed by atoms with E-state index in [0.29, 0.717) is 16.9 Å². The van der Waals surface area contributed by atoms with Crippen LogP contribution in [0.4, 0.5) is 5.69 Å². The van der Waals surface area contributed by atoms with Crippen molar-refractivity contribution in [1.82, 2.24) is 19.9 Å². The van der Waals surface area contributed by atoms with Crippen molar-refractivity contribution < 1.29 is 9.35 Å². The van der Waals surface area contributed by atoms with E-state index in [9.17, 15) is 9.35 Å². The highest BCUT2D eigenvalue weighted by Crippen LogP contribution is 2.45. The molecule has 1 fully saturated rings. The molecule has 0 radical (unpaired) electrons. The van der Waals surface area contributed by atoms with Crippen molar-refractivity contribution in [2.75, 3.05) is 19.8 Å². The summed E-state index contributed by atoms with van der Waals surface area (Å²) in [6.07, 6.45) is 6.47. The third-order valence-electron chi connectivity index (χ3n) is 5.85. The molecule has 33 heavy (non-hydrogen) atoms. The van der Waals surface area contributed by atoms with Crippen molar-refractivity contribution in [2.45, 2.75) is 28.7 Å². The van der Waals surface area contributed by atoms with E-state index in [1.807, 2.05) is 36.4 Å². The molecule has 9 heteroatoms. The van der Waals surface area contributed by atoms with Crippen molar-refractivity contribution in [3.8, 4) is 22.4 Å². The number of thiophene rings is 1. The number of amides is 1. The Labute approximate surface area is 198 Å². The summed E-state index contributed by atoms with van der Waals surface area (Å²) in [6.45, 7) is 0. The second-order valence-corrected chi connectivity index (χ2v) is 11.2. The lowest BCUT2D eigenvalue weighted by Crippen LogP contribution is -2.28. The van der Waals surface area contributed by atoms with Crippen LogP contribution < -0.4 is 5.73 Å². The van der Waals surface area contributed by atoms with Crippen LogP contribution in [0.25, 0.3) is 32.6 Å².